The van der Waals surface area contributed by atoms with Gasteiger partial charge in [0.2, 0.25) is 0 Å². The number of nitrogens with zero attached hydrogens (tertiary/aromatic N) is 4. The van der Waals surface area contributed by atoms with Gasteiger partial charge in [-0.05, 0) is 216 Å². The zero-order valence-electron chi connectivity index (χ0n) is 63.5. The largest absolute Gasteiger partial charge is 0.309 e. The number of rotatable bonds is 12. The first-order valence-corrected chi connectivity index (χ1v) is 39.9. The minimum absolute atomic E-state index is 1.15. The van der Waals surface area contributed by atoms with E-state index in [1.54, 1.807) is 0 Å². The van der Waals surface area contributed by atoms with Gasteiger partial charge in [0, 0.05) is 65.5 Å². The second kappa shape index (κ2) is 28.4. The van der Waals surface area contributed by atoms with Crippen LogP contribution in [0.4, 0.5) is 0 Å². The lowest BCUT2D eigenvalue weighted by Crippen LogP contribution is -1.96. The molecule has 0 saturated heterocycles. The molecular formula is C112H74N4. The maximum Gasteiger partial charge on any atom is 0.0541 e. The van der Waals surface area contributed by atoms with E-state index >= 15 is 0 Å². The lowest BCUT2D eigenvalue weighted by atomic mass is 9.98. The second-order valence-corrected chi connectivity index (χ2v) is 30.3. The van der Waals surface area contributed by atoms with E-state index < -0.39 is 0 Å². The average molecular weight is 1480 g/mol. The Morgan fingerprint density at radius 2 is 0.345 bits per heavy atom. The molecule has 116 heavy (non-hydrogen) atoms. The Morgan fingerprint density at radius 3 is 0.690 bits per heavy atom. The van der Waals surface area contributed by atoms with Gasteiger partial charge in [-0.1, -0.05) is 328 Å². The van der Waals surface area contributed by atoms with Crippen LogP contribution in [0.2, 0.25) is 0 Å². The van der Waals surface area contributed by atoms with Crippen molar-refractivity contribution in [2.24, 2.45) is 0 Å². The monoisotopic (exact) mass is 1470 g/mol. The molecule has 0 spiro atoms. The summed E-state index contributed by atoms with van der Waals surface area (Å²) in [5.41, 5.74) is 33.6. The number of para-hydroxylation sites is 4. The quantitative estimate of drug-likeness (QED) is 0.116. The van der Waals surface area contributed by atoms with E-state index in [0.29, 0.717) is 0 Å². The van der Waals surface area contributed by atoms with Gasteiger partial charge in [0.15, 0.2) is 0 Å². The Morgan fingerprint density at radius 1 is 0.112 bits per heavy atom. The lowest BCUT2D eigenvalue weighted by Gasteiger charge is -2.14. The van der Waals surface area contributed by atoms with E-state index in [-0.39, 0.29) is 0 Å². The highest BCUT2D eigenvalue weighted by Gasteiger charge is 2.21. The maximum absolute atomic E-state index is 2.44. The summed E-state index contributed by atoms with van der Waals surface area (Å²) in [4.78, 5) is 0. The van der Waals surface area contributed by atoms with Crippen LogP contribution in [0, 0.1) is 0 Å². The van der Waals surface area contributed by atoms with Gasteiger partial charge in [-0.25, -0.2) is 0 Å². The lowest BCUT2D eigenvalue weighted by molar-refractivity contribution is 1.18. The molecule has 4 heterocycles. The third kappa shape index (κ3) is 11.9. The van der Waals surface area contributed by atoms with Crippen molar-refractivity contribution >= 4 is 98.0 Å². The van der Waals surface area contributed by atoms with Crippen molar-refractivity contribution in [1.82, 2.24) is 18.3 Å². The van der Waals surface area contributed by atoms with Crippen molar-refractivity contribution in [2.45, 2.75) is 0 Å². The Kier molecular flexibility index (Phi) is 16.6. The molecule has 0 N–H and O–H groups in total. The molecule has 23 aromatic rings. The fraction of sp³-hybridized carbons (Fsp3) is 0. The molecular weight excluding hydrogens is 1400 g/mol. The van der Waals surface area contributed by atoms with Crippen LogP contribution in [-0.2, 0) is 0 Å². The molecule has 19 aromatic carbocycles. The van der Waals surface area contributed by atoms with Crippen LogP contribution >= 0.6 is 0 Å². The fourth-order valence-corrected chi connectivity index (χ4v) is 18.0. The molecule has 0 aliphatic rings. The molecule has 0 aliphatic carbocycles. The van der Waals surface area contributed by atoms with Crippen molar-refractivity contribution in [2.75, 3.05) is 0 Å². The van der Waals surface area contributed by atoms with Crippen molar-refractivity contribution in [1.29, 1.82) is 0 Å². The summed E-state index contributed by atoms with van der Waals surface area (Å²) in [6.45, 7) is 0. The normalized spacial score (nSPS) is 11.6. The first-order chi connectivity index (χ1) is 57.5. The maximum atomic E-state index is 2.44. The van der Waals surface area contributed by atoms with Crippen LogP contribution in [0.5, 0.6) is 0 Å². The summed E-state index contributed by atoms with van der Waals surface area (Å²) in [6, 6.07) is 164. The molecule has 0 aliphatic heterocycles. The summed E-state index contributed by atoms with van der Waals surface area (Å²) < 4.78 is 9.67. The van der Waals surface area contributed by atoms with Crippen molar-refractivity contribution in [3.8, 4) is 112 Å². The predicted octanol–water partition coefficient (Wildman–Crippen LogP) is 30.3. The minimum Gasteiger partial charge on any atom is -0.309 e. The molecule has 0 radical (unpaired) electrons. The van der Waals surface area contributed by atoms with Gasteiger partial charge >= 0.3 is 0 Å². The summed E-state index contributed by atoms with van der Waals surface area (Å²) in [5.74, 6) is 0. The minimum atomic E-state index is 1.15. The van der Waals surface area contributed by atoms with Crippen LogP contribution in [0.15, 0.2) is 449 Å². The van der Waals surface area contributed by atoms with E-state index in [9.17, 15) is 0 Å². The zero-order valence-corrected chi connectivity index (χ0v) is 63.5. The van der Waals surface area contributed by atoms with Gasteiger partial charge in [-0.2, -0.15) is 0 Å². The zero-order chi connectivity index (χ0) is 76.6. The van der Waals surface area contributed by atoms with Crippen LogP contribution in [-0.4, -0.2) is 18.3 Å². The van der Waals surface area contributed by atoms with Gasteiger partial charge in [-0.15, -0.1) is 0 Å². The number of fused-ring (bicyclic) bond motifs is 13. The van der Waals surface area contributed by atoms with E-state index in [0.717, 1.165) is 17.1 Å². The first kappa shape index (κ1) is 67.5. The smallest absolute Gasteiger partial charge is 0.0541 e. The number of hydrogen-bond donors (Lipinski definition) is 0. The van der Waals surface area contributed by atoms with Gasteiger partial charge in [0.05, 0.1) is 49.8 Å². The molecule has 0 saturated carbocycles. The van der Waals surface area contributed by atoms with Gasteiger partial charge in [0.1, 0.15) is 0 Å². The highest BCUT2D eigenvalue weighted by Crippen LogP contribution is 2.44. The number of aromatic nitrogens is 4. The molecule has 23 rings (SSSR count). The Labute approximate surface area is 672 Å². The highest BCUT2D eigenvalue weighted by atomic mass is 15.0. The second-order valence-electron chi connectivity index (χ2n) is 30.3. The van der Waals surface area contributed by atoms with E-state index in [2.05, 4.69) is 467 Å². The Bertz CT molecular complexity index is 7620. The van der Waals surface area contributed by atoms with Crippen molar-refractivity contribution in [3.63, 3.8) is 0 Å². The van der Waals surface area contributed by atoms with E-state index in [1.165, 1.54) is 193 Å². The topological polar surface area (TPSA) is 19.7 Å². The van der Waals surface area contributed by atoms with Crippen LogP contribution in [0.1, 0.15) is 0 Å². The van der Waals surface area contributed by atoms with Crippen molar-refractivity contribution < 1.29 is 0 Å². The third-order valence-electron chi connectivity index (χ3n) is 23.7. The predicted molar refractivity (Wildman–Crippen MR) is 491 cm³/mol. The van der Waals surface area contributed by atoms with E-state index in [1.807, 2.05) is 0 Å². The van der Waals surface area contributed by atoms with Gasteiger partial charge in [0.25, 0.3) is 0 Å². The highest BCUT2D eigenvalue weighted by molar-refractivity contribution is 6.16. The molecule has 4 nitrogen and oxygen atoms in total. The molecule has 0 fully saturated rings. The van der Waals surface area contributed by atoms with Crippen LogP contribution in [0.25, 0.3) is 210 Å². The van der Waals surface area contributed by atoms with Crippen LogP contribution in [0.3, 0.4) is 0 Å². The Balaban J connectivity index is 0.000000142. The van der Waals surface area contributed by atoms with Gasteiger partial charge in [-0.3, -0.25) is 0 Å². The molecule has 0 amide bonds. The van der Waals surface area contributed by atoms with E-state index in [4.69, 9.17) is 0 Å². The standard InChI is InChI=1S/C60H40N2.C52H34N2/c1-4-14-41(15-5-1)44-24-26-45(27-25-44)46-28-32-51(33-29-46)61-57-22-12-10-20-53(57)55-39-47(30-34-59(55)61)48-31-35-60-56(40-48)54-21-11-13-23-58(54)62(60)52-37-49(42-16-6-2-7-17-42)36-50(38-52)43-18-8-3-9-19-43;1-2-11-35(12-3-1)36-21-23-37(24-22-36)38-25-29-42(30-26-38)53-49-18-8-6-16-44(49)46-33-40(27-31-51(46)53)41-28-32-52-47(34-41)45-17-7-9-19-50(45)54(52)48-20-10-14-39-13-4-5-15-43(39)48/h1-40H;1-34H. The third-order valence-corrected chi connectivity index (χ3v) is 23.7. The summed E-state index contributed by atoms with van der Waals surface area (Å²) in [7, 11) is 0. The summed E-state index contributed by atoms with van der Waals surface area (Å²) in [5, 5.41) is 12.5. The molecule has 0 bridgehead atoms. The van der Waals surface area contributed by atoms with Gasteiger partial charge < -0.3 is 18.3 Å². The summed E-state index contributed by atoms with van der Waals surface area (Å²) in [6.07, 6.45) is 0. The van der Waals surface area contributed by atoms with Crippen LogP contribution < -0.4 is 0 Å². The SMILES string of the molecule is c1ccc(-c2ccc(-c3ccc(-n4c5ccccc5c5cc(-c6ccc7c(c6)c6ccccc6n7-c6cc(-c7ccccc7)cc(-c7ccccc7)c6)ccc54)cc3)cc2)cc1.c1ccc(-c2ccc(-c3ccc(-n4c5ccccc5c5cc(-c6ccc7c(c6)c6ccccc6n7-c6cccc7ccccc67)ccc54)cc3)cc2)cc1. The molecule has 4 heteroatoms. The fourth-order valence-electron chi connectivity index (χ4n) is 18.0. The van der Waals surface area contributed by atoms with Crippen molar-refractivity contribution in [3.05, 3.63) is 449 Å². The molecule has 0 atom stereocenters. The average Bonchev–Trinajstić information content (AvgIpc) is 1.59. The summed E-state index contributed by atoms with van der Waals surface area (Å²) >= 11 is 0. The number of hydrogen-bond acceptors (Lipinski definition) is 0. The Hall–Kier alpha value is -15.4. The molecule has 542 valence electrons. The first-order valence-electron chi connectivity index (χ1n) is 39.9. The molecule has 4 aromatic heterocycles. The molecule has 0 unspecified atom stereocenters. The number of benzene rings is 19.